The van der Waals surface area contributed by atoms with Crippen LogP contribution in [-0.4, -0.2) is 34.5 Å². The van der Waals surface area contributed by atoms with Gasteiger partial charge in [0.1, 0.15) is 11.3 Å². The van der Waals surface area contributed by atoms with Crippen LogP contribution >= 0.6 is 11.6 Å². The van der Waals surface area contributed by atoms with Gasteiger partial charge in [-0.1, -0.05) is 12.1 Å². The van der Waals surface area contributed by atoms with Crippen LogP contribution in [-0.2, 0) is 6.54 Å². The average molecular weight is 424 g/mol. The Morgan fingerprint density at radius 1 is 1.20 bits per heavy atom. The first kappa shape index (κ1) is 20.0. The second kappa shape index (κ2) is 7.88. The van der Waals surface area contributed by atoms with Crippen LogP contribution in [0.2, 0.25) is 5.35 Å². The van der Waals surface area contributed by atoms with Gasteiger partial charge in [0.2, 0.25) is 0 Å². The minimum atomic E-state index is -0.0990. The molecule has 154 valence electrons. The Bertz CT molecular complexity index is 1240. The predicted molar refractivity (Wildman–Crippen MR) is 117 cm³/mol. The first-order valence-corrected chi connectivity index (χ1v) is 9.89. The largest absolute Gasteiger partial charge is 0.495 e. The standard InChI is InChI=1S/C23H22ClN3O3/c1-14-11-17(15(2)27(14)19-7-5-6-8-21(19)29-4)13-26(3)22(28)16-9-10-20-18(12-16)25-23(24)30-20/h5-12H,13H2,1-4H3. The molecule has 0 saturated carbocycles. The van der Waals surface area contributed by atoms with E-state index in [2.05, 4.69) is 22.5 Å². The van der Waals surface area contributed by atoms with Crippen molar-refractivity contribution in [3.05, 3.63) is 76.4 Å². The Morgan fingerprint density at radius 3 is 2.73 bits per heavy atom. The predicted octanol–water partition coefficient (Wildman–Crippen LogP) is 5.17. The number of halogens is 1. The van der Waals surface area contributed by atoms with Gasteiger partial charge >= 0.3 is 0 Å². The van der Waals surface area contributed by atoms with Crippen molar-refractivity contribution in [1.29, 1.82) is 0 Å². The monoisotopic (exact) mass is 423 g/mol. The first-order valence-electron chi connectivity index (χ1n) is 9.52. The van der Waals surface area contributed by atoms with Crippen LogP contribution in [0.25, 0.3) is 16.8 Å². The summed E-state index contributed by atoms with van der Waals surface area (Å²) in [5, 5.41) is 0.0618. The van der Waals surface area contributed by atoms with Gasteiger partial charge in [-0.3, -0.25) is 4.79 Å². The van der Waals surface area contributed by atoms with Crippen LogP contribution in [0.15, 0.2) is 52.9 Å². The highest BCUT2D eigenvalue weighted by Crippen LogP contribution is 2.28. The van der Waals surface area contributed by atoms with Gasteiger partial charge in [0, 0.05) is 30.5 Å². The summed E-state index contributed by atoms with van der Waals surface area (Å²) >= 11 is 5.81. The van der Waals surface area contributed by atoms with E-state index in [1.807, 2.05) is 31.2 Å². The fourth-order valence-electron chi connectivity index (χ4n) is 3.75. The van der Waals surface area contributed by atoms with E-state index in [0.29, 0.717) is 23.2 Å². The molecule has 2 aromatic carbocycles. The number of hydrogen-bond acceptors (Lipinski definition) is 4. The maximum Gasteiger partial charge on any atom is 0.293 e. The second-order valence-electron chi connectivity index (χ2n) is 7.21. The van der Waals surface area contributed by atoms with Crippen LogP contribution < -0.4 is 4.74 Å². The highest BCUT2D eigenvalue weighted by molar-refractivity contribution is 6.28. The molecule has 0 aliphatic heterocycles. The Morgan fingerprint density at radius 2 is 1.97 bits per heavy atom. The molecule has 0 aliphatic rings. The Hall–Kier alpha value is -3.25. The summed E-state index contributed by atoms with van der Waals surface area (Å²) in [6.07, 6.45) is 0. The number of para-hydroxylation sites is 2. The zero-order chi connectivity index (χ0) is 21.4. The van der Waals surface area contributed by atoms with Crippen LogP contribution in [0, 0.1) is 13.8 Å². The molecule has 4 aromatic rings. The number of rotatable bonds is 5. The van der Waals surface area contributed by atoms with Crippen molar-refractivity contribution in [1.82, 2.24) is 14.5 Å². The average Bonchev–Trinajstić information content (AvgIpc) is 3.24. The highest BCUT2D eigenvalue weighted by Gasteiger charge is 2.19. The second-order valence-corrected chi connectivity index (χ2v) is 7.54. The highest BCUT2D eigenvalue weighted by atomic mass is 35.5. The number of oxazole rings is 1. The quantitative estimate of drug-likeness (QED) is 0.444. The summed E-state index contributed by atoms with van der Waals surface area (Å²) in [5.41, 5.74) is 5.84. The minimum Gasteiger partial charge on any atom is -0.495 e. The third-order valence-corrected chi connectivity index (χ3v) is 5.39. The number of carbonyl (C=O) groups excluding carboxylic acids is 1. The number of fused-ring (bicyclic) bond motifs is 1. The van der Waals surface area contributed by atoms with Crippen molar-refractivity contribution in [3.63, 3.8) is 0 Å². The lowest BCUT2D eigenvalue weighted by atomic mass is 10.1. The van der Waals surface area contributed by atoms with Gasteiger partial charge < -0.3 is 18.6 Å². The normalized spacial score (nSPS) is 11.1. The maximum absolute atomic E-state index is 13.0. The molecule has 2 aromatic heterocycles. The summed E-state index contributed by atoms with van der Waals surface area (Å²) in [6, 6.07) is 15.1. The van der Waals surface area contributed by atoms with E-state index >= 15 is 0 Å². The van der Waals surface area contributed by atoms with Crippen LogP contribution in [0.3, 0.4) is 0 Å². The number of ether oxygens (including phenoxy) is 1. The molecule has 0 atom stereocenters. The van der Waals surface area contributed by atoms with Gasteiger partial charge in [0.15, 0.2) is 5.58 Å². The van der Waals surface area contributed by atoms with Gasteiger partial charge in [-0.05, 0) is 67.4 Å². The van der Waals surface area contributed by atoms with E-state index in [0.717, 1.165) is 28.4 Å². The summed E-state index contributed by atoms with van der Waals surface area (Å²) in [4.78, 5) is 18.8. The van der Waals surface area contributed by atoms with E-state index in [4.69, 9.17) is 20.8 Å². The van der Waals surface area contributed by atoms with Crippen molar-refractivity contribution >= 4 is 28.6 Å². The van der Waals surface area contributed by atoms with Crippen LogP contribution in [0.5, 0.6) is 5.75 Å². The molecule has 0 bridgehead atoms. The SMILES string of the molecule is COc1ccccc1-n1c(C)cc(CN(C)C(=O)c2ccc3oc(Cl)nc3c2)c1C. The van der Waals surface area contributed by atoms with Gasteiger partial charge in [0.25, 0.3) is 11.3 Å². The molecule has 0 unspecified atom stereocenters. The lowest BCUT2D eigenvalue weighted by Crippen LogP contribution is -2.26. The first-order chi connectivity index (χ1) is 14.4. The third kappa shape index (κ3) is 3.55. The van der Waals surface area contributed by atoms with Gasteiger partial charge in [0.05, 0.1) is 12.8 Å². The number of carbonyl (C=O) groups is 1. The molecule has 0 aliphatic carbocycles. The molecule has 4 rings (SSSR count). The van der Waals surface area contributed by atoms with E-state index < -0.39 is 0 Å². The number of methoxy groups -OCH3 is 1. The van der Waals surface area contributed by atoms with E-state index in [9.17, 15) is 4.79 Å². The molecule has 0 spiro atoms. The summed E-state index contributed by atoms with van der Waals surface area (Å²) in [7, 11) is 3.46. The van der Waals surface area contributed by atoms with E-state index in [1.54, 1.807) is 37.3 Å². The van der Waals surface area contributed by atoms with Gasteiger partial charge in [-0.25, -0.2) is 0 Å². The molecule has 30 heavy (non-hydrogen) atoms. The van der Waals surface area contributed by atoms with Crippen molar-refractivity contribution in [2.24, 2.45) is 0 Å². The molecule has 0 N–H and O–H groups in total. The van der Waals surface area contributed by atoms with Crippen molar-refractivity contribution < 1.29 is 13.9 Å². The van der Waals surface area contributed by atoms with Crippen LogP contribution in [0.4, 0.5) is 0 Å². The Balaban J connectivity index is 1.61. The Kier molecular flexibility index (Phi) is 5.26. The lowest BCUT2D eigenvalue weighted by molar-refractivity contribution is 0.0785. The number of benzene rings is 2. The van der Waals surface area contributed by atoms with Crippen LogP contribution in [0.1, 0.15) is 27.3 Å². The van der Waals surface area contributed by atoms with Gasteiger partial charge in [-0.15, -0.1) is 0 Å². The van der Waals surface area contributed by atoms with Crippen molar-refractivity contribution in [3.8, 4) is 11.4 Å². The Labute approximate surface area is 179 Å². The fourth-order valence-corrected chi connectivity index (χ4v) is 3.93. The maximum atomic E-state index is 13.0. The molecule has 1 amide bonds. The number of amides is 1. The lowest BCUT2D eigenvalue weighted by Gasteiger charge is -2.18. The van der Waals surface area contributed by atoms with E-state index in [1.165, 1.54) is 0 Å². The number of nitrogens with zero attached hydrogens (tertiary/aromatic N) is 3. The van der Waals surface area contributed by atoms with Gasteiger partial charge in [-0.2, -0.15) is 4.98 Å². The number of aromatic nitrogens is 2. The molecular weight excluding hydrogens is 402 g/mol. The fraction of sp³-hybridized carbons (Fsp3) is 0.217. The van der Waals surface area contributed by atoms with Crippen molar-refractivity contribution in [2.45, 2.75) is 20.4 Å². The molecule has 6 nitrogen and oxygen atoms in total. The zero-order valence-electron chi connectivity index (χ0n) is 17.3. The molecule has 7 heteroatoms. The molecule has 2 heterocycles. The number of aryl methyl sites for hydroxylation is 1. The molecule has 0 saturated heterocycles. The van der Waals surface area contributed by atoms with E-state index in [-0.39, 0.29) is 11.3 Å². The number of hydrogen-bond donors (Lipinski definition) is 0. The zero-order valence-corrected chi connectivity index (χ0v) is 18.0. The smallest absolute Gasteiger partial charge is 0.293 e. The molecule has 0 fully saturated rings. The molecule has 0 radical (unpaired) electrons. The third-order valence-electron chi connectivity index (χ3n) is 5.22. The topological polar surface area (TPSA) is 60.5 Å². The molecular formula is C23H22ClN3O3. The van der Waals surface area contributed by atoms with Crippen molar-refractivity contribution in [2.75, 3.05) is 14.2 Å². The minimum absolute atomic E-state index is 0.0618. The summed E-state index contributed by atoms with van der Waals surface area (Å²) in [6.45, 7) is 4.58. The summed E-state index contributed by atoms with van der Waals surface area (Å²) < 4.78 is 12.9. The summed E-state index contributed by atoms with van der Waals surface area (Å²) in [5.74, 6) is 0.702.